The summed E-state index contributed by atoms with van der Waals surface area (Å²) in [5, 5.41) is 62.1. The van der Waals surface area contributed by atoms with Gasteiger partial charge in [-0.2, -0.15) is 4.57 Å². The number of hydrogen-bond acceptors (Lipinski definition) is 23. The summed E-state index contributed by atoms with van der Waals surface area (Å²) in [5.41, 5.74) is -3.80. The number of aromatic amines is 2. The van der Waals surface area contributed by atoms with E-state index in [1.807, 2.05) is 57.2 Å². The van der Waals surface area contributed by atoms with E-state index >= 15 is 0 Å². The minimum Gasteiger partial charge on any atom is -0.443 e. The van der Waals surface area contributed by atoms with Crippen LogP contribution in [0, 0.1) is 47.5 Å². The SMILES string of the molecule is CC(=O)CCC#Cc1ccc([C@H](OCc2cn([C@H]3C[C@@H](O)[C@@H](CO)O3)c(=O)[nH]c2=O)C(C)C)c([N+](=O)[O-])c1.CC(C)[C@@H](OCc1cn([C@H]2C[C@@H](O)[C@@H](CO)O2)c(=O)[nH]c1=O)c1ccc(I)cc1[N+](=O)[O-].CC[C@H]1O[C@@H](n2cc(CBr)c(=O)n(C(=O)OC(C)(C)C)c2=O)C[C@H]1O[Si](C)(C)C(C)(C)C. The van der Waals surface area contributed by atoms with E-state index in [0.717, 1.165) is 15.6 Å². The largest absolute Gasteiger partial charge is 0.443 e. The van der Waals surface area contributed by atoms with Crippen molar-refractivity contribution in [2.24, 2.45) is 11.8 Å². The number of carbonyl (C=O) groups excluding carboxylic acids is 2. The molecular formula is C68H92BrIN8O23Si. The number of rotatable bonds is 23. The van der Waals surface area contributed by atoms with Crippen LogP contribution < -0.4 is 33.7 Å². The van der Waals surface area contributed by atoms with Gasteiger partial charge in [-0.25, -0.2) is 19.2 Å². The van der Waals surface area contributed by atoms with Crippen molar-refractivity contribution < 1.29 is 72.7 Å². The first-order valence-electron chi connectivity index (χ1n) is 33.2. The zero-order chi connectivity index (χ0) is 76.2. The fraction of sp³-hybridized carbons (Fsp3) is 0.588. The summed E-state index contributed by atoms with van der Waals surface area (Å²) in [6.07, 6.45) is -2.82. The van der Waals surface area contributed by atoms with Gasteiger partial charge < -0.3 is 53.3 Å². The van der Waals surface area contributed by atoms with Crippen LogP contribution in [0.4, 0.5) is 16.2 Å². The lowest BCUT2D eigenvalue weighted by molar-refractivity contribution is -0.386. The molecule has 3 fully saturated rings. The lowest BCUT2D eigenvalue weighted by Gasteiger charge is -2.39. The smallest absolute Gasteiger partial charge is 0.425 e. The second-order valence-corrected chi connectivity index (χ2v) is 34.7. The Bertz CT molecular complexity index is 4260. The number of ketones is 1. The Morgan fingerprint density at radius 2 is 1.19 bits per heavy atom. The van der Waals surface area contributed by atoms with Crippen LogP contribution in [0.15, 0.2) is 83.8 Å². The second kappa shape index (κ2) is 36.1. The first kappa shape index (κ1) is 83.9. The van der Waals surface area contributed by atoms with Crippen molar-refractivity contribution in [1.29, 1.82) is 0 Å². The zero-order valence-corrected chi connectivity index (χ0v) is 64.2. The summed E-state index contributed by atoms with van der Waals surface area (Å²) in [7, 11) is -2.06. The molecule has 6 heterocycles. The Hall–Kier alpha value is -6.99. The molecule has 102 heavy (non-hydrogen) atoms. The van der Waals surface area contributed by atoms with Crippen LogP contribution in [0.3, 0.4) is 0 Å². The number of hydrogen-bond donors (Lipinski definition) is 6. The van der Waals surface area contributed by atoms with Crippen LogP contribution in [0.25, 0.3) is 0 Å². The number of nitro benzene ring substituents is 2. The number of H-pyrrole nitrogens is 2. The van der Waals surface area contributed by atoms with Crippen LogP contribution in [0.1, 0.15) is 186 Å². The van der Waals surface area contributed by atoms with Gasteiger partial charge in [-0.1, -0.05) is 83.2 Å². The molecule has 3 aliphatic heterocycles. The third-order valence-electron chi connectivity index (χ3n) is 17.4. The highest BCUT2D eigenvalue weighted by molar-refractivity contribution is 14.1. The van der Waals surface area contributed by atoms with Crippen molar-refractivity contribution >= 4 is 70.1 Å². The molecule has 3 aliphatic rings. The van der Waals surface area contributed by atoms with Crippen LogP contribution in [-0.2, 0) is 56.2 Å². The van der Waals surface area contributed by atoms with Gasteiger partial charge in [0.2, 0.25) is 0 Å². The molecule has 560 valence electrons. The topological polar surface area (TPSA) is 420 Å². The van der Waals surface area contributed by atoms with Gasteiger partial charge in [-0.3, -0.25) is 63.1 Å². The molecule has 0 amide bonds. The average Bonchev–Trinajstić information content (AvgIpc) is 1.47. The fourth-order valence-corrected chi connectivity index (χ4v) is 13.3. The number of nitro groups is 2. The maximum atomic E-state index is 13.2. The molecule has 0 radical (unpaired) electrons. The summed E-state index contributed by atoms with van der Waals surface area (Å²) in [4.78, 5) is 126. The Balaban J connectivity index is 0.000000242. The summed E-state index contributed by atoms with van der Waals surface area (Å²) < 4.78 is 45.9. The van der Waals surface area contributed by atoms with Crippen molar-refractivity contribution in [3.63, 3.8) is 0 Å². The van der Waals surface area contributed by atoms with Gasteiger partial charge in [-0.05, 0) is 111 Å². The minimum absolute atomic E-state index is 0.00881. The lowest BCUT2D eigenvalue weighted by atomic mass is 9.96. The molecule has 0 saturated carbocycles. The molecule has 31 nitrogen and oxygen atoms in total. The predicted molar refractivity (Wildman–Crippen MR) is 386 cm³/mol. The van der Waals surface area contributed by atoms with Crippen molar-refractivity contribution in [1.82, 2.24) is 28.2 Å². The van der Waals surface area contributed by atoms with E-state index in [-0.39, 0.29) is 94.3 Å². The highest BCUT2D eigenvalue weighted by Crippen LogP contribution is 2.42. The number of aromatic nitrogens is 6. The van der Waals surface area contributed by atoms with Crippen LogP contribution >= 0.6 is 38.5 Å². The number of nitrogens with one attached hydrogen (secondary N) is 2. The van der Waals surface area contributed by atoms with E-state index in [1.54, 1.807) is 45.0 Å². The Kier molecular flexibility index (Phi) is 29.7. The molecule has 5 aromatic rings. The normalized spacial score (nSPS) is 21.1. The molecule has 0 unspecified atom stereocenters. The van der Waals surface area contributed by atoms with E-state index in [1.165, 1.54) is 42.2 Å². The third kappa shape index (κ3) is 21.6. The molecular weight excluding hydrogens is 1530 g/mol. The minimum atomic E-state index is -2.06. The van der Waals surface area contributed by atoms with Crippen LogP contribution in [0.2, 0.25) is 18.1 Å². The first-order chi connectivity index (χ1) is 47.6. The van der Waals surface area contributed by atoms with Gasteiger partial charge in [0.1, 0.15) is 42.3 Å². The summed E-state index contributed by atoms with van der Waals surface area (Å²) in [5.74, 6) is 5.32. The van der Waals surface area contributed by atoms with Crippen molar-refractivity contribution in [3.05, 3.63) is 175 Å². The number of Topliss-reactive ketones (excluding diaryl/α,β-unsaturated/α-hetero) is 1. The third-order valence-corrected chi connectivity index (χ3v) is 23.2. The average molecular weight is 1620 g/mol. The van der Waals surface area contributed by atoms with Crippen molar-refractivity contribution in [3.8, 4) is 11.8 Å². The van der Waals surface area contributed by atoms with E-state index in [2.05, 4.69) is 71.6 Å². The van der Waals surface area contributed by atoms with E-state index in [4.69, 9.17) is 32.8 Å². The number of carbonyl (C=O) groups is 2. The Morgan fingerprint density at radius 3 is 1.61 bits per heavy atom. The van der Waals surface area contributed by atoms with E-state index in [0.29, 0.717) is 44.1 Å². The number of nitrogens with zero attached hydrogens (tertiary/aromatic N) is 6. The summed E-state index contributed by atoms with van der Waals surface area (Å²) >= 11 is 5.27. The summed E-state index contributed by atoms with van der Waals surface area (Å²) in [6.45, 7) is 25.4. The number of aliphatic hydroxyl groups excluding tert-OH is 4. The highest BCUT2D eigenvalue weighted by atomic mass is 127. The monoisotopic (exact) mass is 1620 g/mol. The second-order valence-electron chi connectivity index (χ2n) is 28.1. The van der Waals surface area contributed by atoms with Crippen LogP contribution in [0.5, 0.6) is 0 Å². The molecule has 0 bridgehead atoms. The van der Waals surface area contributed by atoms with E-state index < -0.39 is 132 Å². The Morgan fingerprint density at radius 1 is 0.725 bits per heavy atom. The van der Waals surface area contributed by atoms with Gasteiger partial charge in [-0.15, -0.1) is 0 Å². The molecule has 11 atom stereocenters. The van der Waals surface area contributed by atoms with Crippen LogP contribution in [-0.4, -0.2) is 134 Å². The van der Waals surface area contributed by atoms with Gasteiger partial charge in [0.15, 0.2) is 8.32 Å². The van der Waals surface area contributed by atoms with E-state index in [9.17, 15) is 79.0 Å². The maximum absolute atomic E-state index is 13.2. The molecule has 3 saturated heterocycles. The highest BCUT2D eigenvalue weighted by Gasteiger charge is 2.46. The number of halogens is 2. The summed E-state index contributed by atoms with van der Waals surface area (Å²) in [6, 6.07) is 9.39. The zero-order valence-electron chi connectivity index (χ0n) is 59.5. The molecule has 6 N–H and O–H groups in total. The number of aliphatic hydroxyl groups is 4. The maximum Gasteiger partial charge on any atom is 0.425 e. The van der Waals surface area contributed by atoms with Gasteiger partial charge in [0, 0.05) is 82.9 Å². The molecule has 0 spiro atoms. The van der Waals surface area contributed by atoms with Crippen molar-refractivity contribution in [2.75, 3.05) is 13.2 Å². The molecule has 0 aliphatic carbocycles. The van der Waals surface area contributed by atoms with Gasteiger partial charge in [0.25, 0.3) is 28.1 Å². The van der Waals surface area contributed by atoms with Gasteiger partial charge >= 0.3 is 23.2 Å². The molecule has 34 heteroatoms. The molecule has 3 aromatic heterocycles. The van der Waals surface area contributed by atoms with Crippen molar-refractivity contribution in [2.45, 2.75) is 231 Å². The fourth-order valence-electron chi connectivity index (χ4n) is 11.1. The molecule has 2 aromatic carbocycles. The number of alkyl halides is 1. The lowest BCUT2D eigenvalue weighted by Crippen LogP contribution is -2.47. The number of benzene rings is 2. The Labute approximate surface area is 610 Å². The standard InChI is InChI=1S/C26H31N3O9.C22H37BrN2O6Si.C20H24IN3O8/c1-15(2)24(19-9-8-17(10-20(19)29(35)36)7-5-4-6-16(3)31)37-14-18-12-28(26(34)27-25(18)33)23-11-21(32)22(13-30)38-23;1-10-15-16(31-32(8,9)22(5,6)7)11-17(29-15)24-13-14(12-23)18(26)25(19(24)27)20(28)30-21(2,3)4;1-10(2)18(13-4-3-12(21)5-14(13)24(29)30)31-9-11-7-23(20(28)22-19(11)27)17-6-15(26)16(8-25)32-17/h8-10,12,15,21-24,30,32H,4,6,11,13-14H2,1-3H3,(H,27,33,34);13,15-17H,10-12H2,1-9H3;3-5,7,10,15-18,25-26H,6,8-9H2,1-2H3,(H,22,27,28)/t21-,22-,23-,24-;15-,16-,17-;15-,16-,17-,18-/m111/s1. The first-order valence-corrected chi connectivity index (χ1v) is 38.3. The predicted octanol–water partition coefficient (Wildman–Crippen LogP) is 8.10. The number of ether oxygens (including phenoxy) is 6. The van der Waals surface area contributed by atoms with Gasteiger partial charge in [0.05, 0.1) is 95.2 Å². The molecule has 8 rings (SSSR count). The quantitative estimate of drug-likeness (QED) is 0.00897.